The number of nitrogens with zero attached hydrogens (tertiary/aromatic N) is 1. The van der Waals surface area contributed by atoms with Crippen molar-refractivity contribution in [3.05, 3.63) is 71.8 Å². The third kappa shape index (κ3) is 3.99. The summed E-state index contributed by atoms with van der Waals surface area (Å²) in [5.41, 5.74) is 4.72. The normalized spacial score (nSPS) is 11.0. The first-order chi connectivity index (χ1) is 13.2. The molecule has 0 atom stereocenters. The molecule has 0 radical (unpaired) electrons. The first-order valence-corrected chi connectivity index (χ1v) is 9.50. The van der Waals surface area contributed by atoms with Crippen molar-refractivity contribution in [2.45, 2.75) is 19.8 Å². The zero-order chi connectivity index (χ0) is 18.6. The molecule has 0 amide bonds. The predicted molar refractivity (Wildman–Crippen MR) is 110 cm³/mol. The Balaban J connectivity index is 1.52. The first kappa shape index (κ1) is 17.6. The molecule has 0 fully saturated rings. The van der Waals surface area contributed by atoms with Crippen LogP contribution in [0.15, 0.2) is 71.1 Å². The molecule has 4 heteroatoms. The van der Waals surface area contributed by atoms with Gasteiger partial charge in [-0.25, -0.2) is 4.98 Å². The van der Waals surface area contributed by atoms with Crippen molar-refractivity contribution in [1.29, 1.82) is 0 Å². The van der Waals surface area contributed by atoms with Crippen molar-refractivity contribution in [1.82, 2.24) is 4.98 Å². The van der Waals surface area contributed by atoms with Crippen molar-refractivity contribution in [3.63, 3.8) is 0 Å². The van der Waals surface area contributed by atoms with Crippen LogP contribution in [0, 0.1) is 0 Å². The van der Waals surface area contributed by atoms with E-state index >= 15 is 0 Å². The molecular weight excluding hydrogens is 358 g/mol. The van der Waals surface area contributed by atoms with Crippen LogP contribution >= 0.6 is 11.6 Å². The minimum Gasteiger partial charge on any atom is -0.494 e. The van der Waals surface area contributed by atoms with Crippen molar-refractivity contribution in [2.75, 3.05) is 6.61 Å². The first-order valence-electron chi connectivity index (χ1n) is 9.13. The molecule has 0 spiro atoms. The van der Waals surface area contributed by atoms with Crippen molar-refractivity contribution >= 4 is 22.7 Å². The molecule has 0 bridgehead atoms. The largest absolute Gasteiger partial charge is 0.494 e. The lowest BCUT2D eigenvalue weighted by Crippen LogP contribution is -1.95. The number of oxazole rings is 1. The van der Waals surface area contributed by atoms with Gasteiger partial charge in [0.25, 0.3) is 0 Å². The highest BCUT2D eigenvalue weighted by Gasteiger charge is 2.09. The Kier molecular flexibility index (Phi) is 5.12. The van der Waals surface area contributed by atoms with Crippen molar-refractivity contribution in [2.24, 2.45) is 0 Å². The summed E-state index contributed by atoms with van der Waals surface area (Å²) < 4.78 is 11.6. The molecule has 0 aliphatic carbocycles. The Labute approximate surface area is 163 Å². The highest BCUT2D eigenvalue weighted by atomic mass is 35.5. The molecule has 3 aromatic carbocycles. The van der Waals surface area contributed by atoms with Crippen LogP contribution < -0.4 is 4.74 Å². The summed E-state index contributed by atoms with van der Waals surface area (Å²) in [5.74, 6) is 1.51. The van der Waals surface area contributed by atoms with Crippen molar-refractivity contribution < 1.29 is 9.15 Å². The maximum atomic E-state index is 6.02. The molecule has 4 rings (SSSR count). The van der Waals surface area contributed by atoms with Crippen LogP contribution in [-0.2, 0) is 0 Å². The molecule has 27 heavy (non-hydrogen) atoms. The van der Waals surface area contributed by atoms with Gasteiger partial charge in [0.15, 0.2) is 5.58 Å². The SMILES string of the molecule is CCCCOc1ccc(-c2ccc(-c3nc4cc(Cl)ccc4o3)cc2)cc1. The Hall–Kier alpha value is -2.78. The summed E-state index contributed by atoms with van der Waals surface area (Å²) in [5, 5.41) is 0.653. The molecule has 0 N–H and O–H groups in total. The van der Waals surface area contributed by atoms with Gasteiger partial charge in [0, 0.05) is 10.6 Å². The number of ether oxygens (including phenoxy) is 1. The van der Waals surface area contributed by atoms with E-state index in [1.807, 2.05) is 36.4 Å². The highest BCUT2D eigenvalue weighted by Crippen LogP contribution is 2.29. The Morgan fingerprint density at radius 1 is 0.889 bits per heavy atom. The summed E-state index contributed by atoms with van der Waals surface area (Å²) in [6.45, 7) is 2.92. The van der Waals surface area contributed by atoms with E-state index in [2.05, 4.69) is 36.2 Å². The molecule has 0 unspecified atom stereocenters. The van der Waals surface area contributed by atoms with E-state index in [9.17, 15) is 0 Å². The third-order valence-electron chi connectivity index (χ3n) is 4.44. The second-order valence-corrected chi connectivity index (χ2v) is 6.87. The Morgan fingerprint density at radius 2 is 1.56 bits per heavy atom. The lowest BCUT2D eigenvalue weighted by molar-refractivity contribution is 0.309. The highest BCUT2D eigenvalue weighted by molar-refractivity contribution is 6.31. The fourth-order valence-corrected chi connectivity index (χ4v) is 3.07. The number of aromatic nitrogens is 1. The zero-order valence-electron chi connectivity index (χ0n) is 15.1. The van der Waals surface area contributed by atoms with Gasteiger partial charge in [-0.2, -0.15) is 0 Å². The summed E-state index contributed by atoms with van der Waals surface area (Å²) in [4.78, 5) is 4.53. The molecule has 1 aromatic heterocycles. The average Bonchev–Trinajstić information content (AvgIpc) is 3.12. The van der Waals surface area contributed by atoms with Crippen LogP contribution in [0.4, 0.5) is 0 Å². The summed E-state index contributed by atoms with van der Waals surface area (Å²) >= 11 is 6.02. The van der Waals surface area contributed by atoms with Crippen LogP contribution in [0.1, 0.15) is 19.8 Å². The van der Waals surface area contributed by atoms with Gasteiger partial charge in [-0.1, -0.05) is 49.2 Å². The number of hydrogen-bond acceptors (Lipinski definition) is 3. The van der Waals surface area contributed by atoms with Crippen LogP contribution in [-0.4, -0.2) is 11.6 Å². The summed E-state index contributed by atoms with van der Waals surface area (Å²) in [7, 11) is 0. The molecule has 1 heterocycles. The Bertz CT molecular complexity index is 1040. The van der Waals surface area contributed by atoms with Gasteiger partial charge in [0.05, 0.1) is 6.61 Å². The number of halogens is 1. The number of benzene rings is 3. The molecule has 136 valence electrons. The quantitative estimate of drug-likeness (QED) is 0.339. The standard InChI is InChI=1S/C23H20ClNO2/c1-2-3-14-26-20-11-8-17(9-12-20)16-4-6-18(7-5-16)23-25-21-15-19(24)10-13-22(21)27-23/h4-13,15H,2-3,14H2,1H3. The van der Waals surface area contributed by atoms with Crippen LogP contribution in [0.2, 0.25) is 5.02 Å². The smallest absolute Gasteiger partial charge is 0.227 e. The molecule has 3 nitrogen and oxygen atoms in total. The van der Waals surface area contributed by atoms with Gasteiger partial charge in [0.2, 0.25) is 5.89 Å². The van der Waals surface area contributed by atoms with Crippen LogP contribution in [0.25, 0.3) is 33.7 Å². The molecule has 0 aliphatic rings. The lowest BCUT2D eigenvalue weighted by atomic mass is 10.0. The van der Waals surface area contributed by atoms with Gasteiger partial charge in [-0.15, -0.1) is 0 Å². The molecule has 0 saturated heterocycles. The Morgan fingerprint density at radius 3 is 2.26 bits per heavy atom. The average molecular weight is 378 g/mol. The van der Waals surface area contributed by atoms with Crippen molar-refractivity contribution in [3.8, 4) is 28.3 Å². The fourth-order valence-electron chi connectivity index (χ4n) is 2.91. The summed E-state index contributed by atoms with van der Waals surface area (Å²) in [6, 6.07) is 21.8. The number of hydrogen-bond donors (Lipinski definition) is 0. The number of unbranched alkanes of at least 4 members (excludes halogenated alkanes) is 1. The molecule has 0 aliphatic heterocycles. The minimum absolute atomic E-state index is 0.596. The molecular formula is C23H20ClNO2. The minimum atomic E-state index is 0.596. The monoisotopic (exact) mass is 377 g/mol. The fraction of sp³-hybridized carbons (Fsp3) is 0.174. The van der Waals surface area contributed by atoms with Gasteiger partial charge in [-0.3, -0.25) is 0 Å². The van der Waals surface area contributed by atoms with Crippen LogP contribution in [0.5, 0.6) is 5.75 Å². The lowest BCUT2D eigenvalue weighted by Gasteiger charge is -2.07. The third-order valence-corrected chi connectivity index (χ3v) is 4.67. The van der Waals surface area contributed by atoms with E-state index in [0.29, 0.717) is 10.9 Å². The van der Waals surface area contributed by atoms with Gasteiger partial charge >= 0.3 is 0 Å². The van der Waals surface area contributed by atoms with E-state index < -0.39 is 0 Å². The molecule has 4 aromatic rings. The maximum Gasteiger partial charge on any atom is 0.227 e. The van der Waals surface area contributed by atoms with Crippen LogP contribution in [0.3, 0.4) is 0 Å². The van der Waals surface area contributed by atoms with E-state index in [1.54, 1.807) is 6.07 Å². The van der Waals surface area contributed by atoms with Gasteiger partial charge in [-0.05, 0) is 60.0 Å². The van der Waals surface area contributed by atoms with E-state index in [1.165, 1.54) is 0 Å². The summed E-state index contributed by atoms with van der Waals surface area (Å²) in [6.07, 6.45) is 2.21. The van der Waals surface area contributed by atoms with E-state index in [0.717, 1.165) is 53.0 Å². The molecule has 0 saturated carbocycles. The predicted octanol–water partition coefficient (Wildman–Crippen LogP) is 6.99. The topological polar surface area (TPSA) is 35.3 Å². The second kappa shape index (κ2) is 7.85. The number of rotatable bonds is 6. The van der Waals surface area contributed by atoms with E-state index in [4.69, 9.17) is 20.8 Å². The van der Waals surface area contributed by atoms with Gasteiger partial charge in [0.1, 0.15) is 11.3 Å². The number of fused-ring (bicyclic) bond motifs is 1. The zero-order valence-corrected chi connectivity index (χ0v) is 15.9. The van der Waals surface area contributed by atoms with Gasteiger partial charge < -0.3 is 9.15 Å². The second-order valence-electron chi connectivity index (χ2n) is 6.43. The van der Waals surface area contributed by atoms with E-state index in [-0.39, 0.29) is 0 Å². The maximum absolute atomic E-state index is 6.02.